The van der Waals surface area contributed by atoms with Crippen LogP contribution in [0.1, 0.15) is 0 Å². The molecule has 0 heterocycles. The van der Waals surface area contributed by atoms with E-state index in [1.54, 1.807) is 19.0 Å². The van der Waals surface area contributed by atoms with Crippen molar-refractivity contribution in [2.24, 2.45) is 0 Å². The van der Waals surface area contributed by atoms with Crippen molar-refractivity contribution >= 4 is 0 Å². The number of nitrogens with zero attached hydrogens (tertiary/aromatic N) is 1. The second kappa shape index (κ2) is 4.88. The third-order valence-corrected chi connectivity index (χ3v) is 1.50. The van der Waals surface area contributed by atoms with E-state index < -0.39 is 18.6 Å². The number of halogens is 5. The summed E-state index contributed by atoms with van der Waals surface area (Å²) in [6.07, 6.45) is -5.47. The first-order chi connectivity index (χ1) is 6.17. The summed E-state index contributed by atoms with van der Waals surface area (Å²) in [4.78, 5) is 1.68. The highest BCUT2D eigenvalue weighted by Crippen LogP contribution is 2.34. The minimum Gasteiger partial charge on any atom is -0.310 e. The van der Waals surface area contributed by atoms with Crippen molar-refractivity contribution in [3.63, 3.8) is 0 Å². The molecule has 86 valence electrons. The average Bonchev–Trinajstić information content (AvgIpc) is 1.95. The fourth-order valence-electron chi connectivity index (χ4n) is 0.648. The van der Waals surface area contributed by atoms with Gasteiger partial charge in [0.1, 0.15) is 0 Å². The summed E-state index contributed by atoms with van der Waals surface area (Å²) in [6.45, 7) is -0.864. The lowest BCUT2D eigenvalue weighted by molar-refractivity contribution is -0.279. The van der Waals surface area contributed by atoms with Crippen LogP contribution in [0.3, 0.4) is 0 Å². The van der Waals surface area contributed by atoms with Crippen molar-refractivity contribution in [3.05, 3.63) is 0 Å². The molecule has 7 heteroatoms. The Labute approximate surface area is 79.1 Å². The Morgan fingerprint density at radius 3 is 1.93 bits per heavy atom. The Morgan fingerprint density at radius 2 is 1.57 bits per heavy atom. The van der Waals surface area contributed by atoms with E-state index in [9.17, 15) is 22.0 Å². The van der Waals surface area contributed by atoms with Gasteiger partial charge in [-0.1, -0.05) is 0 Å². The molecule has 0 radical (unpaired) electrons. The van der Waals surface area contributed by atoms with Gasteiger partial charge < -0.3 is 10.2 Å². The molecule has 14 heavy (non-hydrogen) atoms. The predicted molar refractivity (Wildman–Crippen MR) is 42.4 cm³/mol. The largest absolute Gasteiger partial charge is 0.454 e. The molecule has 0 rings (SSSR count). The van der Waals surface area contributed by atoms with Gasteiger partial charge in [0.25, 0.3) is 0 Å². The fraction of sp³-hybridized carbons (Fsp3) is 1.00. The van der Waals surface area contributed by atoms with Gasteiger partial charge >= 0.3 is 12.1 Å². The summed E-state index contributed by atoms with van der Waals surface area (Å²) >= 11 is 0. The van der Waals surface area contributed by atoms with Crippen molar-refractivity contribution < 1.29 is 22.0 Å². The summed E-state index contributed by atoms with van der Waals surface area (Å²) in [5, 5.41) is 2.05. The first kappa shape index (κ1) is 13.6. The van der Waals surface area contributed by atoms with Crippen molar-refractivity contribution in [1.82, 2.24) is 10.2 Å². The molecule has 0 aliphatic heterocycles. The van der Waals surface area contributed by atoms with Gasteiger partial charge in [0.2, 0.25) is 0 Å². The van der Waals surface area contributed by atoms with Crippen molar-refractivity contribution in [1.29, 1.82) is 0 Å². The van der Waals surface area contributed by atoms with Crippen LogP contribution in [0.15, 0.2) is 0 Å². The zero-order valence-corrected chi connectivity index (χ0v) is 7.96. The number of nitrogens with one attached hydrogen (secondary N) is 1. The summed E-state index contributed by atoms with van der Waals surface area (Å²) < 4.78 is 59.4. The maximum Gasteiger partial charge on any atom is 0.454 e. The van der Waals surface area contributed by atoms with Crippen LogP contribution in [0.2, 0.25) is 0 Å². The van der Waals surface area contributed by atoms with Crippen LogP contribution in [-0.2, 0) is 0 Å². The van der Waals surface area contributed by atoms with Crippen LogP contribution in [-0.4, -0.2) is 50.7 Å². The summed E-state index contributed by atoms with van der Waals surface area (Å²) in [5.41, 5.74) is 0. The lowest BCUT2D eigenvalue weighted by Gasteiger charge is -2.20. The van der Waals surface area contributed by atoms with Crippen LogP contribution >= 0.6 is 0 Å². The Bertz CT molecular complexity index is 166. The topological polar surface area (TPSA) is 15.3 Å². The predicted octanol–water partition coefficient (Wildman–Crippen LogP) is 1.34. The molecule has 0 fully saturated rings. The number of likely N-dealkylation sites (N-methyl/N-ethyl adjacent to an activating group) is 1. The highest BCUT2D eigenvalue weighted by atomic mass is 19.4. The SMILES string of the molecule is CN(C)CCNCC(F)(F)C(F)(F)F. The van der Waals surface area contributed by atoms with E-state index in [2.05, 4.69) is 5.32 Å². The number of alkyl halides is 5. The smallest absolute Gasteiger partial charge is 0.310 e. The molecule has 0 spiro atoms. The lowest BCUT2D eigenvalue weighted by atomic mass is 10.3. The molecule has 0 aromatic heterocycles. The molecular weight excluding hydrogens is 207 g/mol. The van der Waals surface area contributed by atoms with Gasteiger partial charge in [0.05, 0.1) is 6.54 Å². The molecule has 0 aromatic carbocycles. The van der Waals surface area contributed by atoms with E-state index >= 15 is 0 Å². The zero-order chi connectivity index (χ0) is 11.4. The molecule has 0 atom stereocenters. The Morgan fingerprint density at radius 1 is 1.07 bits per heavy atom. The molecule has 0 bridgehead atoms. The van der Waals surface area contributed by atoms with Gasteiger partial charge in [-0.25, -0.2) is 0 Å². The first-order valence-corrected chi connectivity index (χ1v) is 3.97. The van der Waals surface area contributed by atoms with E-state index in [1.807, 2.05) is 0 Å². The van der Waals surface area contributed by atoms with Crippen molar-refractivity contribution in [2.75, 3.05) is 33.7 Å². The lowest BCUT2D eigenvalue weighted by Crippen LogP contribution is -2.46. The molecule has 0 unspecified atom stereocenters. The van der Waals surface area contributed by atoms with Crippen LogP contribution in [0.4, 0.5) is 22.0 Å². The van der Waals surface area contributed by atoms with Crippen LogP contribution in [0.25, 0.3) is 0 Å². The molecule has 0 amide bonds. The Kier molecular flexibility index (Phi) is 4.73. The van der Waals surface area contributed by atoms with E-state index in [-0.39, 0.29) is 6.54 Å². The first-order valence-electron chi connectivity index (χ1n) is 3.97. The molecule has 0 aliphatic carbocycles. The molecular formula is C7H13F5N2. The van der Waals surface area contributed by atoms with Crippen LogP contribution in [0, 0.1) is 0 Å². The summed E-state index contributed by atoms with van der Waals surface area (Å²) in [5.74, 6) is -4.65. The third kappa shape index (κ3) is 4.71. The van der Waals surface area contributed by atoms with E-state index in [1.165, 1.54) is 0 Å². The molecule has 2 nitrogen and oxygen atoms in total. The van der Waals surface area contributed by atoms with Gasteiger partial charge in [-0.2, -0.15) is 22.0 Å². The molecule has 1 N–H and O–H groups in total. The minimum atomic E-state index is -5.47. The monoisotopic (exact) mass is 220 g/mol. The zero-order valence-electron chi connectivity index (χ0n) is 7.96. The Hall–Kier alpha value is -0.430. The Balaban J connectivity index is 3.78. The van der Waals surface area contributed by atoms with Gasteiger partial charge in [-0.3, -0.25) is 0 Å². The normalized spacial score (nSPS) is 13.7. The minimum absolute atomic E-state index is 0.0959. The number of hydrogen-bond donors (Lipinski definition) is 1. The summed E-state index contributed by atoms with van der Waals surface area (Å²) in [7, 11) is 3.40. The van der Waals surface area contributed by atoms with Gasteiger partial charge in [0.15, 0.2) is 0 Å². The van der Waals surface area contributed by atoms with E-state index in [0.29, 0.717) is 6.54 Å². The quantitative estimate of drug-likeness (QED) is 0.555. The second-order valence-electron chi connectivity index (χ2n) is 3.18. The van der Waals surface area contributed by atoms with Gasteiger partial charge in [-0.15, -0.1) is 0 Å². The van der Waals surface area contributed by atoms with Crippen molar-refractivity contribution in [3.8, 4) is 0 Å². The molecule has 0 aromatic rings. The maximum absolute atomic E-state index is 12.3. The van der Waals surface area contributed by atoms with E-state index in [0.717, 1.165) is 0 Å². The average molecular weight is 220 g/mol. The second-order valence-corrected chi connectivity index (χ2v) is 3.18. The highest BCUT2D eigenvalue weighted by Gasteiger charge is 2.56. The fourth-order valence-corrected chi connectivity index (χ4v) is 0.648. The van der Waals surface area contributed by atoms with Crippen LogP contribution in [0.5, 0.6) is 0 Å². The van der Waals surface area contributed by atoms with E-state index in [4.69, 9.17) is 0 Å². The molecule has 0 saturated carbocycles. The summed E-state index contributed by atoms with van der Waals surface area (Å²) in [6, 6.07) is 0. The standard InChI is InChI=1S/C7H13F5N2/c1-14(2)4-3-13-5-6(8,9)7(10,11)12/h13H,3-5H2,1-2H3. The molecule has 0 saturated heterocycles. The molecule has 0 aliphatic rings. The van der Waals surface area contributed by atoms with Crippen molar-refractivity contribution in [2.45, 2.75) is 12.1 Å². The van der Waals surface area contributed by atoms with Gasteiger partial charge in [-0.05, 0) is 14.1 Å². The maximum atomic E-state index is 12.3. The number of rotatable bonds is 5. The van der Waals surface area contributed by atoms with Crippen LogP contribution < -0.4 is 5.32 Å². The van der Waals surface area contributed by atoms with Gasteiger partial charge in [0, 0.05) is 13.1 Å². The highest BCUT2D eigenvalue weighted by molar-refractivity contribution is 4.78. The third-order valence-electron chi connectivity index (χ3n) is 1.50. The number of hydrogen-bond acceptors (Lipinski definition) is 2.